The van der Waals surface area contributed by atoms with Crippen molar-refractivity contribution in [2.45, 2.75) is 19.3 Å². The second kappa shape index (κ2) is 5.41. The summed E-state index contributed by atoms with van der Waals surface area (Å²) < 4.78 is 4.46. The van der Waals surface area contributed by atoms with Gasteiger partial charge in [0.25, 0.3) is 0 Å². The number of esters is 1. The van der Waals surface area contributed by atoms with Gasteiger partial charge in [-0.1, -0.05) is 6.08 Å². The first-order valence-corrected chi connectivity index (χ1v) is 4.65. The van der Waals surface area contributed by atoms with Gasteiger partial charge in [0.05, 0.1) is 31.5 Å². The fourth-order valence-electron chi connectivity index (χ4n) is 1.23. The molecule has 1 N–H and O–H groups in total. The molecule has 0 atom stereocenters. The zero-order valence-electron chi connectivity index (χ0n) is 8.52. The Morgan fingerprint density at radius 2 is 2.40 bits per heavy atom. The summed E-state index contributed by atoms with van der Waals surface area (Å²) in [6.45, 7) is -0.186. The first-order valence-electron chi connectivity index (χ1n) is 4.65. The number of hydrogen-bond acceptors (Lipinski definition) is 5. The molecule has 0 aliphatic carbocycles. The highest BCUT2D eigenvalue weighted by atomic mass is 16.5. The predicted molar refractivity (Wildman–Crippen MR) is 53.5 cm³/mol. The Morgan fingerprint density at radius 3 is 3.00 bits per heavy atom. The van der Waals surface area contributed by atoms with Crippen LogP contribution in [0.25, 0.3) is 0 Å². The Balaban J connectivity index is 2.59. The molecule has 1 rings (SSSR count). The van der Waals surface area contributed by atoms with Crippen molar-refractivity contribution in [2.24, 2.45) is 4.99 Å². The van der Waals surface area contributed by atoms with Gasteiger partial charge in [-0.05, 0) is 0 Å². The summed E-state index contributed by atoms with van der Waals surface area (Å²) in [6, 6.07) is 0. The molecule has 0 saturated heterocycles. The van der Waals surface area contributed by atoms with E-state index in [9.17, 15) is 9.59 Å². The highest BCUT2D eigenvalue weighted by Crippen LogP contribution is 2.11. The Morgan fingerprint density at radius 1 is 1.67 bits per heavy atom. The van der Waals surface area contributed by atoms with Crippen LogP contribution in [0.2, 0.25) is 0 Å². The maximum Gasteiger partial charge on any atom is 0.305 e. The van der Waals surface area contributed by atoms with Crippen molar-refractivity contribution in [2.75, 3.05) is 13.7 Å². The van der Waals surface area contributed by atoms with Gasteiger partial charge in [0.15, 0.2) is 5.78 Å². The van der Waals surface area contributed by atoms with Crippen LogP contribution in [0.4, 0.5) is 0 Å². The third kappa shape index (κ3) is 3.28. The lowest BCUT2D eigenvalue weighted by molar-refractivity contribution is -0.140. The van der Waals surface area contributed by atoms with Crippen molar-refractivity contribution in [1.29, 1.82) is 0 Å². The molecule has 0 aromatic heterocycles. The van der Waals surface area contributed by atoms with Gasteiger partial charge in [-0.25, -0.2) is 0 Å². The highest BCUT2D eigenvalue weighted by Gasteiger charge is 2.16. The summed E-state index contributed by atoms with van der Waals surface area (Å²) in [4.78, 5) is 26.2. The van der Waals surface area contributed by atoms with Crippen molar-refractivity contribution >= 4 is 17.5 Å². The summed E-state index contributed by atoms with van der Waals surface area (Å²) in [5.74, 6) is -0.471. The van der Waals surface area contributed by atoms with Crippen LogP contribution in [-0.2, 0) is 14.3 Å². The summed E-state index contributed by atoms with van der Waals surface area (Å²) in [7, 11) is 1.30. The number of hydrogen-bond donors (Lipinski definition) is 1. The predicted octanol–water partition coefficient (Wildman–Crippen LogP) is 0.230. The first-order chi connectivity index (χ1) is 7.17. The maximum atomic E-state index is 11.3. The van der Waals surface area contributed by atoms with E-state index in [1.54, 1.807) is 6.08 Å². The standard InChI is InChI=1S/C10H13NO4/c1-15-10(14)5-3-8-9(13)4-2-7(6-12)11-8/h2,12H,3-6H2,1H3. The normalized spacial score (nSPS) is 15.7. The molecule has 5 heteroatoms. The fraction of sp³-hybridized carbons (Fsp3) is 0.500. The monoisotopic (exact) mass is 211 g/mol. The largest absolute Gasteiger partial charge is 0.469 e. The Bertz CT molecular complexity index is 330. The van der Waals surface area contributed by atoms with E-state index in [4.69, 9.17) is 5.11 Å². The molecule has 1 aliphatic rings. The topological polar surface area (TPSA) is 76.0 Å². The van der Waals surface area contributed by atoms with Gasteiger partial charge in [0.1, 0.15) is 0 Å². The van der Waals surface area contributed by atoms with Gasteiger partial charge in [-0.3, -0.25) is 14.6 Å². The molecule has 0 unspecified atom stereocenters. The van der Waals surface area contributed by atoms with Crippen LogP contribution in [0.3, 0.4) is 0 Å². The molecule has 1 aliphatic heterocycles. The van der Waals surface area contributed by atoms with E-state index in [0.29, 0.717) is 11.4 Å². The number of ketones is 1. The molecule has 5 nitrogen and oxygen atoms in total. The molecule has 82 valence electrons. The van der Waals surface area contributed by atoms with E-state index < -0.39 is 0 Å². The third-order valence-corrected chi connectivity index (χ3v) is 2.08. The van der Waals surface area contributed by atoms with Gasteiger partial charge >= 0.3 is 5.97 Å². The summed E-state index contributed by atoms with van der Waals surface area (Å²) >= 11 is 0. The van der Waals surface area contributed by atoms with Crippen LogP contribution in [-0.4, -0.2) is 36.3 Å². The van der Waals surface area contributed by atoms with Gasteiger partial charge < -0.3 is 9.84 Å². The minimum Gasteiger partial charge on any atom is -0.469 e. The number of aliphatic hydroxyl groups is 1. The molecule has 0 spiro atoms. The van der Waals surface area contributed by atoms with E-state index in [1.165, 1.54) is 7.11 Å². The lowest BCUT2D eigenvalue weighted by atomic mass is 10.0. The number of Topliss-reactive ketones (excluding diaryl/α,β-unsaturated/α-hetero) is 1. The van der Waals surface area contributed by atoms with Crippen LogP contribution in [0, 0.1) is 0 Å². The lowest BCUT2D eigenvalue weighted by Gasteiger charge is -2.09. The second-order valence-corrected chi connectivity index (χ2v) is 3.12. The number of methoxy groups -OCH3 is 1. The Kier molecular flexibility index (Phi) is 4.17. The molecule has 1 heterocycles. The number of ether oxygens (including phenoxy) is 1. The van der Waals surface area contributed by atoms with E-state index >= 15 is 0 Å². The Labute approximate surface area is 87.5 Å². The highest BCUT2D eigenvalue weighted by molar-refractivity contribution is 6.41. The molecule has 0 radical (unpaired) electrons. The second-order valence-electron chi connectivity index (χ2n) is 3.12. The Hall–Kier alpha value is -1.49. The van der Waals surface area contributed by atoms with Crippen LogP contribution in [0.5, 0.6) is 0 Å². The van der Waals surface area contributed by atoms with E-state index in [1.807, 2.05) is 0 Å². The summed E-state index contributed by atoms with van der Waals surface area (Å²) in [6.07, 6.45) is 2.24. The third-order valence-electron chi connectivity index (χ3n) is 2.08. The number of aliphatic imine (C=N–C) groups is 1. The molecule has 0 saturated carbocycles. The molecular formula is C10H13NO4. The number of allylic oxidation sites excluding steroid dienone is 1. The minimum absolute atomic E-state index is 0.101. The van der Waals surface area contributed by atoms with Gasteiger partial charge in [-0.15, -0.1) is 0 Å². The number of nitrogens with zero attached hydrogens (tertiary/aromatic N) is 1. The van der Waals surface area contributed by atoms with E-state index in [-0.39, 0.29) is 37.6 Å². The van der Waals surface area contributed by atoms with Gasteiger partial charge in [0.2, 0.25) is 0 Å². The SMILES string of the molecule is COC(=O)CCC1=NC(CO)=CCC1=O. The van der Waals surface area contributed by atoms with Crippen LogP contribution >= 0.6 is 0 Å². The van der Waals surface area contributed by atoms with E-state index in [0.717, 1.165) is 0 Å². The molecule has 0 aromatic rings. The average Bonchev–Trinajstić information content (AvgIpc) is 2.27. The van der Waals surface area contributed by atoms with Crippen LogP contribution in [0.15, 0.2) is 16.8 Å². The lowest BCUT2D eigenvalue weighted by Crippen LogP contribution is -2.19. The number of aliphatic hydroxyl groups excluding tert-OH is 1. The summed E-state index contributed by atoms with van der Waals surface area (Å²) in [5, 5.41) is 8.84. The molecule has 0 aromatic carbocycles. The van der Waals surface area contributed by atoms with Gasteiger partial charge in [-0.2, -0.15) is 0 Å². The van der Waals surface area contributed by atoms with Crippen molar-refractivity contribution < 1.29 is 19.4 Å². The molecule has 0 amide bonds. The van der Waals surface area contributed by atoms with Crippen LogP contribution < -0.4 is 0 Å². The smallest absolute Gasteiger partial charge is 0.305 e. The minimum atomic E-state index is -0.370. The van der Waals surface area contributed by atoms with Crippen molar-refractivity contribution in [3.05, 3.63) is 11.8 Å². The number of rotatable bonds is 4. The number of carbonyl (C=O) groups is 2. The maximum absolute atomic E-state index is 11.3. The quantitative estimate of drug-likeness (QED) is 0.675. The van der Waals surface area contributed by atoms with Gasteiger partial charge in [0, 0.05) is 12.8 Å². The molecule has 0 fully saturated rings. The van der Waals surface area contributed by atoms with Crippen molar-refractivity contribution in [3.8, 4) is 0 Å². The van der Waals surface area contributed by atoms with Crippen molar-refractivity contribution in [1.82, 2.24) is 0 Å². The fourth-order valence-corrected chi connectivity index (χ4v) is 1.23. The zero-order chi connectivity index (χ0) is 11.3. The number of carbonyl (C=O) groups excluding carboxylic acids is 2. The average molecular weight is 211 g/mol. The van der Waals surface area contributed by atoms with Crippen LogP contribution in [0.1, 0.15) is 19.3 Å². The summed E-state index contributed by atoms with van der Waals surface area (Å²) in [5.41, 5.74) is 0.821. The van der Waals surface area contributed by atoms with E-state index in [2.05, 4.69) is 9.73 Å². The molecule has 15 heavy (non-hydrogen) atoms. The zero-order valence-corrected chi connectivity index (χ0v) is 8.52. The first kappa shape index (κ1) is 11.6. The molecule has 0 bridgehead atoms. The van der Waals surface area contributed by atoms with Crippen molar-refractivity contribution in [3.63, 3.8) is 0 Å². The molecular weight excluding hydrogens is 198 g/mol.